The molecule has 1 fully saturated rings. The topological polar surface area (TPSA) is 55.9 Å². The quantitative estimate of drug-likeness (QED) is 0.718. The highest BCUT2D eigenvalue weighted by molar-refractivity contribution is 6.34. The standard InChI is InChI=1S/C15H30N4O2/c1-13(2)12-19(11-10-17(3)4)15(21)14(20)18-8-5-6-16-7-9-18/h13,16H,5-12H2,1-4H3. The molecule has 0 bridgehead atoms. The lowest BCUT2D eigenvalue weighted by molar-refractivity contribution is -0.152. The summed E-state index contributed by atoms with van der Waals surface area (Å²) in [6.07, 6.45) is 0.904. The number of carbonyl (C=O) groups excluding carboxylic acids is 2. The monoisotopic (exact) mass is 298 g/mol. The van der Waals surface area contributed by atoms with E-state index in [1.807, 2.05) is 19.0 Å². The average molecular weight is 298 g/mol. The first-order valence-corrected chi connectivity index (χ1v) is 7.85. The Kier molecular flexibility index (Phi) is 7.67. The lowest BCUT2D eigenvalue weighted by atomic mass is 10.2. The number of hydrogen-bond acceptors (Lipinski definition) is 4. The minimum absolute atomic E-state index is 0.349. The summed E-state index contributed by atoms with van der Waals surface area (Å²) in [5.41, 5.74) is 0. The molecule has 1 N–H and O–H groups in total. The van der Waals surface area contributed by atoms with Gasteiger partial charge in [-0.05, 0) is 33.0 Å². The molecule has 1 rings (SSSR count). The number of nitrogens with zero attached hydrogens (tertiary/aromatic N) is 3. The average Bonchev–Trinajstić information content (AvgIpc) is 2.70. The van der Waals surface area contributed by atoms with E-state index in [2.05, 4.69) is 19.2 Å². The second-order valence-electron chi connectivity index (χ2n) is 6.34. The maximum absolute atomic E-state index is 12.5. The van der Waals surface area contributed by atoms with Gasteiger partial charge in [0.1, 0.15) is 0 Å². The van der Waals surface area contributed by atoms with Gasteiger partial charge in [-0.1, -0.05) is 13.8 Å². The van der Waals surface area contributed by atoms with Crippen molar-refractivity contribution in [3.05, 3.63) is 0 Å². The van der Waals surface area contributed by atoms with Crippen molar-refractivity contribution in [2.45, 2.75) is 20.3 Å². The van der Waals surface area contributed by atoms with Gasteiger partial charge in [0.2, 0.25) is 0 Å². The molecular formula is C15H30N4O2. The third-order valence-electron chi connectivity index (χ3n) is 3.50. The molecule has 0 aromatic heterocycles. The number of nitrogens with one attached hydrogen (secondary N) is 1. The second-order valence-corrected chi connectivity index (χ2v) is 6.34. The summed E-state index contributed by atoms with van der Waals surface area (Å²) in [7, 11) is 3.95. The molecule has 0 unspecified atom stereocenters. The van der Waals surface area contributed by atoms with Gasteiger partial charge in [-0.25, -0.2) is 0 Å². The Morgan fingerprint density at radius 1 is 1.14 bits per heavy atom. The van der Waals surface area contributed by atoms with Gasteiger partial charge in [0.15, 0.2) is 0 Å². The van der Waals surface area contributed by atoms with Crippen LogP contribution in [0.15, 0.2) is 0 Å². The Labute approximate surface area is 128 Å². The van der Waals surface area contributed by atoms with Gasteiger partial charge in [0, 0.05) is 39.3 Å². The van der Waals surface area contributed by atoms with E-state index in [1.54, 1.807) is 9.80 Å². The summed E-state index contributed by atoms with van der Waals surface area (Å²) in [5, 5.41) is 3.25. The molecule has 6 nitrogen and oxygen atoms in total. The van der Waals surface area contributed by atoms with E-state index in [0.29, 0.717) is 32.1 Å². The molecule has 21 heavy (non-hydrogen) atoms. The van der Waals surface area contributed by atoms with Crippen molar-refractivity contribution >= 4 is 11.8 Å². The van der Waals surface area contributed by atoms with Gasteiger partial charge < -0.3 is 20.0 Å². The van der Waals surface area contributed by atoms with Crippen LogP contribution in [0.25, 0.3) is 0 Å². The van der Waals surface area contributed by atoms with Crippen molar-refractivity contribution in [1.82, 2.24) is 20.0 Å². The van der Waals surface area contributed by atoms with Gasteiger partial charge in [-0.3, -0.25) is 9.59 Å². The Morgan fingerprint density at radius 2 is 1.86 bits per heavy atom. The van der Waals surface area contributed by atoms with E-state index in [1.165, 1.54) is 0 Å². The molecule has 122 valence electrons. The van der Waals surface area contributed by atoms with E-state index < -0.39 is 0 Å². The van der Waals surface area contributed by atoms with E-state index in [4.69, 9.17) is 0 Å². The largest absolute Gasteiger partial charge is 0.333 e. The molecule has 0 atom stereocenters. The third-order valence-corrected chi connectivity index (χ3v) is 3.50. The number of hydrogen-bond donors (Lipinski definition) is 1. The van der Waals surface area contributed by atoms with E-state index in [9.17, 15) is 9.59 Å². The molecule has 1 heterocycles. The van der Waals surface area contributed by atoms with Crippen molar-refractivity contribution in [3.63, 3.8) is 0 Å². The number of rotatable bonds is 5. The van der Waals surface area contributed by atoms with Crippen LogP contribution in [0.5, 0.6) is 0 Å². The molecule has 2 amide bonds. The summed E-state index contributed by atoms with van der Waals surface area (Å²) in [4.78, 5) is 30.3. The predicted octanol–water partition coefficient (Wildman–Crippen LogP) is -0.145. The SMILES string of the molecule is CC(C)CN(CCN(C)C)C(=O)C(=O)N1CCCNCC1. The maximum atomic E-state index is 12.5. The molecule has 1 aliphatic rings. The van der Waals surface area contributed by atoms with Crippen molar-refractivity contribution in [1.29, 1.82) is 0 Å². The Balaban J connectivity index is 2.65. The third kappa shape index (κ3) is 6.44. The molecule has 0 radical (unpaired) electrons. The van der Waals surface area contributed by atoms with Crippen LogP contribution >= 0.6 is 0 Å². The van der Waals surface area contributed by atoms with Gasteiger partial charge in [0.25, 0.3) is 0 Å². The molecule has 0 aliphatic carbocycles. The van der Waals surface area contributed by atoms with Crippen LogP contribution in [0.4, 0.5) is 0 Å². The summed E-state index contributed by atoms with van der Waals surface area (Å²) in [5.74, 6) is -0.347. The number of likely N-dealkylation sites (N-methyl/N-ethyl adjacent to an activating group) is 1. The highest BCUT2D eigenvalue weighted by atomic mass is 16.2. The molecule has 0 aromatic rings. The fourth-order valence-electron chi connectivity index (χ4n) is 2.36. The van der Waals surface area contributed by atoms with Gasteiger partial charge >= 0.3 is 11.8 Å². The fourth-order valence-corrected chi connectivity index (χ4v) is 2.36. The van der Waals surface area contributed by atoms with Crippen LogP contribution < -0.4 is 5.32 Å². The van der Waals surface area contributed by atoms with Crippen molar-refractivity contribution < 1.29 is 9.59 Å². The Hall–Kier alpha value is -1.14. The van der Waals surface area contributed by atoms with E-state index >= 15 is 0 Å². The molecular weight excluding hydrogens is 268 g/mol. The van der Waals surface area contributed by atoms with Crippen molar-refractivity contribution in [2.75, 3.05) is 59.9 Å². The van der Waals surface area contributed by atoms with Gasteiger partial charge in [-0.2, -0.15) is 0 Å². The van der Waals surface area contributed by atoms with Crippen LogP contribution in [0, 0.1) is 5.92 Å². The summed E-state index contributed by atoms with van der Waals surface area (Å²) >= 11 is 0. The van der Waals surface area contributed by atoms with Crippen LogP contribution in [0.2, 0.25) is 0 Å². The zero-order valence-electron chi connectivity index (χ0n) is 13.9. The first kappa shape index (κ1) is 17.9. The molecule has 1 saturated heterocycles. The highest BCUT2D eigenvalue weighted by Gasteiger charge is 2.27. The normalized spacial score (nSPS) is 16.2. The predicted molar refractivity (Wildman–Crippen MR) is 84.0 cm³/mol. The van der Waals surface area contributed by atoms with Crippen molar-refractivity contribution in [2.24, 2.45) is 5.92 Å². The van der Waals surface area contributed by atoms with Crippen LogP contribution in [-0.2, 0) is 9.59 Å². The molecule has 0 saturated carbocycles. The van der Waals surface area contributed by atoms with Crippen LogP contribution in [0.1, 0.15) is 20.3 Å². The molecule has 1 aliphatic heterocycles. The minimum atomic E-state index is -0.354. The van der Waals surface area contributed by atoms with Crippen LogP contribution in [-0.4, -0.2) is 86.4 Å². The fraction of sp³-hybridized carbons (Fsp3) is 0.867. The van der Waals surface area contributed by atoms with E-state index in [0.717, 1.165) is 26.1 Å². The molecule has 0 spiro atoms. The zero-order valence-corrected chi connectivity index (χ0v) is 13.9. The summed E-state index contributed by atoms with van der Waals surface area (Å²) in [6, 6.07) is 0. The van der Waals surface area contributed by atoms with Crippen LogP contribution in [0.3, 0.4) is 0 Å². The molecule has 6 heteroatoms. The number of carbonyl (C=O) groups is 2. The van der Waals surface area contributed by atoms with E-state index in [-0.39, 0.29) is 11.8 Å². The Morgan fingerprint density at radius 3 is 2.48 bits per heavy atom. The maximum Gasteiger partial charge on any atom is 0.312 e. The number of amides is 2. The molecule has 0 aromatic carbocycles. The Bertz CT molecular complexity index is 337. The summed E-state index contributed by atoms with van der Waals surface area (Å²) < 4.78 is 0. The highest BCUT2D eigenvalue weighted by Crippen LogP contribution is 2.04. The first-order valence-electron chi connectivity index (χ1n) is 7.85. The lowest BCUT2D eigenvalue weighted by Gasteiger charge is -2.28. The van der Waals surface area contributed by atoms with Gasteiger partial charge in [0.05, 0.1) is 0 Å². The second kappa shape index (κ2) is 9.00. The zero-order chi connectivity index (χ0) is 15.8. The first-order chi connectivity index (χ1) is 9.91. The summed E-state index contributed by atoms with van der Waals surface area (Å²) in [6.45, 7) is 9.09. The minimum Gasteiger partial charge on any atom is -0.333 e. The smallest absolute Gasteiger partial charge is 0.312 e. The van der Waals surface area contributed by atoms with Crippen molar-refractivity contribution in [3.8, 4) is 0 Å². The van der Waals surface area contributed by atoms with Gasteiger partial charge in [-0.15, -0.1) is 0 Å². The lowest BCUT2D eigenvalue weighted by Crippen LogP contribution is -2.49.